The van der Waals surface area contributed by atoms with Crippen LogP contribution in [0.4, 0.5) is 0 Å². The molecule has 3 heteroatoms. The fourth-order valence-electron chi connectivity index (χ4n) is 2.84. The van der Waals surface area contributed by atoms with Gasteiger partial charge >= 0.3 is 0 Å². The Morgan fingerprint density at radius 3 is 2.48 bits per heavy atom. The average Bonchev–Trinajstić information content (AvgIpc) is 2.57. The molecule has 2 aromatic rings. The van der Waals surface area contributed by atoms with Crippen LogP contribution in [0.25, 0.3) is 17.2 Å². The third-order valence-electron chi connectivity index (χ3n) is 4.21. The van der Waals surface area contributed by atoms with E-state index in [1.54, 1.807) is 19.2 Å². The van der Waals surface area contributed by atoms with Gasteiger partial charge in [-0.1, -0.05) is 30.9 Å². The lowest BCUT2D eigenvalue weighted by Crippen LogP contribution is -1.98. The summed E-state index contributed by atoms with van der Waals surface area (Å²) in [5, 5.41) is 0. The summed E-state index contributed by atoms with van der Waals surface area (Å²) < 4.78 is 0. The second kappa shape index (κ2) is 7.84. The van der Waals surface area contributed by atoms with Crippen molar-refractivity contribution in [3.05, 3.63) is 71.1 Å². The highest BCUT2D eigenvalue weighted by Gasteiger charge is 2.11. The predicted octanol–water partition coefficient (Wildman–Crippen LogP) is 5.12. The van der Waals surface area contributed by atoms with Gasteiger partial charge in [0.2, 0.25) is 0 Å². The molecule has 0 amide bonds. The number of pyridine rings is 1. The predicted molar refractivity (Wildman–Crippen MR) is 103 cm³/mol. The van der Waals surface area contributed by atoms with Crippen LogP contribution < -0.4 is 0 Å². The number of hydrogen-bond acceptors (Lipinski definition) is 3. The summed E-state index contributed by atoms with van der Waals surface area (Å²) in [6.45, 7) is 11.0. The summed E-state index contributed by atoms with van der Waals surface area (Å²) in [6, 6.07) is 7.83. The van der Waals surface area contributed by atoms with Gasteiger partial charge in [0.15, 0.2) is 5.78 Å². The standard InChI is InChI=1S/C22H23NO2/c1-6-18(11-15(3)24)12-21-14(2)7-8-20(16(21)4)19-9-10-23-22(13-19)17(5)25/h6-10,12-13H,1,11H2,2-5H3/b18-12+. The summed E-state index contributed by atoms with van der Waals surface area (Å²) in [5.41, 5.74) is 6.67. The first-order valence-corrected chi connectivity index (χ1v) is 8.23. The molecule has 3 nitrogen and oxygen atoms in total. The zero-order valence-corrected chi connectivity index (χ0v) is 15.2. The van der Waals surface area contributed by atoms with E-state index in [0.717, 1.165) is 33.4 Å². The van der Waals surface area contributed by atoms with Crippen molar-refractivity contribution in [2.24, 2.45) is 0 Å². The fourth-order valence-corrected chi connectivity index (χ4v) is 2.84. The van der Waals surface area contributed by atoms with Crippen LogP contribution in [-0.2, 0) is 4.79 Å². The lowest BCUT2D eigenvalue weighted by Gasteiger charge is -2.13. The van der Waals surface area contributed by atoms with Gasteiger partial charge in [-0.15, -0.1) is 0 Å². The van der Waals surface area contributed by atoms with Crippen LogP contribution >= 0.6 is 0 Å². The topological polar surface area (TPSA) is 47.0 Å². The van der Waals surface area contributed by atoms with E-state index in [2.05, 4.69) is 30.6 Å². The van der Waals surface area contributed by atoms with Crippen LogP contribution in [0, 0.1) is 13.8 Å². The van der Waals surface area contributed by atoms with Gasteiger partial charge in [0.05, 0.1) is 0 Å². The molecule has 0 saturated heterocycles. The Balaban J connectivity index is 2.59. The molecule has 0 atom stereocenters. The fraction of sp³-hybridized carbons (Fsp3) is 0.227. The molecule has 1 aromatic heterocycles. The Hall–Kier alpha value is -2.81. The Bertz CT molecular complexity index is 876. The number of Topliss-reactive ketones (excluding diaryl/α,β-unsaturated/α-hetero) is 2. The molecular formula is C22H23NO2. The maximum Gasteiger partial charge on any atom is 0.178 e. The maximum absolute atomic E-state index is 11.6. The van der Waals surface area contributed by atoms with Crippen molar-refractivity contribution in [2.45, 2.75) is 34.1 Å². The van der Waals surface area contributed by atoms with Gasteiger partial charge in [0.25, 0.3) is 0 Å². The molecule has 0 radical (unpaired) electrons. The van der Waals surface area contributed by atoms with Crippen molar-refractivity contribution in [3.63, 3.8) is 0 Å². The van der Waals surface area contributed by atoms with Gasteiger partial charge in [-0.2, -0.15) is 0 Å². The van der Waals surface area contributed by atoms with Gasteiger partial charge in [-0.3, -0.25) is 14.6 Å². The Morgan fingerprint density at radius 1 is 1.16 bits per heavy atom. The van der Waals surface area contributed by atoms with Gasteiger partial charge in [-0.05, 0) is 66.3 Å². The first-order valence-electron chi connectivity index (χ1n) is 8.23. The summed E-state index contributed by atoms with van der Waals surface area (Å²) in [6.07, 6.45) is 5.78. The summed E-state index contributed by atoms with van der Waals surface area (Å²) in [7, 11) is 0. The average molecular weight is 333 g/mol. The molecule has 1 aromatic carbocycles. The molecule has 0 aliphatic carbocycles. The number of aromatic nitrogens is 1. The molecule has 0 bridgehead atoms. The molecule has 0 unspecified atom stereocenters. The van der Waals surface area contributed by atoms with Crippen molar-refractivity contribution >= 4 is 17.6 Å². The van der Waals surface area contributed by atoms with Crippen LogP contribution in [-0.4, -0.2) is 16.6 Å². The van der Waals surface area contributed by atoms with E-state index in [0.29, 0.717) is 12.1 Å². The normalized spacial score (nSPS) is 11.3. The van der Waals surface area contributed by atoms with Crippen LogP contribution in [0.5, 0.6) is 0 Å². The molecule has 128 valence electrons. The molecule has 0 saturated carbocycles. The Morgan fingerprint density at radius 2 is 1.88 bits per heavy atom. The molecule has 0 N–H and O–H groups in total. The van der Waals surface area contributed by atoms with E-state index in [9.17, 15) is 9.59 Å². The van der Waals surface area contributed by atoms with Crippen molar-refractivity contribution in [1.29, 1.82) is 0 Å². The zero-order valence-electron chi connectivity index (χ0n) is 15.2. The highest BCUT2D eigenvalue weighted by Crippen LogP contribution is 2.30. The molecule has 0 aliphatic heterocycles. The van der Waals surface area contributed by atoms with Gasteiger partial charge in [0.1, 0.15) is 11.5 Å². The van der Waals surface area contributed by atoms with Crippen molar-refractivity contribution < 1.29 is 9.59 Å². The number of carbonyl (C=O) groups is 2. The molecule has 0 fully saturated rings. The van der Waals surface area contributed by atoms with Crippen LogP contribution in [0.2, 0.25) is 0 Å². The lowest BCUT2D eigenvalue weighted by molar-refractivity contribution is -0.116. The number of allylic oxidation sites excluding steroid dienone is 2. The minimum absolute atomic E-state index is 0.0536. The summed E-state index contributed by atoms with van der Waals surface area (Å²) >= 11 is 0. The number of hydrogen-bond donors (Lipinski definition) is 0. The lowest BCUT2D eigenvalue weighted by atomic mass is 9.91. The van der Waals surface area contributed by atoms with E-state index in [-0.39, 0.29) is 11.6 Å². The number of rotatable bonds is 6. The number of ketones is 2. The molecule has 0 aliphatic rings. The van der Waals surface area contributed by atoms with Crippen molar-refractivity contribution in [2.75, 3.05) is 0 Å². The van der Waals surface area contributed by atoms with E-state index in [1.165, 1.54) is 6.92 Å². The number of nitrogens with zero attached hydrogens (tertiary/aromatic N) is 1. The van der Waals surface area contributed by atoms with E-state index in [1.807, 2.05) is 25.1 Å². The molecule has 2 rings (SSSR count). The molecule has 0 spiro atoms. The summed E-state index contributed by atoms with van der Waals surface area (Å²) in [5.74, 6) is 0.0555. The quantitative estimate of drug-likeness (QED) is 0.545. The maximum atomic E-state index is 11.6. The molecule has 25 heavy (non-hydrogen) atoms. The van der Waals surface area contributed by atoms with E-state index in [4.69, 9.17) is 0 Å². The highest BCUT2D eigenvalue weighted by atomic mass is 16.1. The third-order valence-corrected chi connectivity index (χ3v) is 4.21. The number of aryl methyl sites for hydroxylation is 1. The van der Waals surface area contributed by atoms with Crippen molar-refractivity contribution in [3.8, 4) is 11.1 Å². The van der Waals surface area contributed by atoms with Crippen LogP contribution in [0.1, 0.15) is 47.4 Å². The minimum Gasteiger partial charge on any atom is -0.300 e. The monoisotopic (exact) mass is 333 g/mol. The number of benzene rings is 1. The second-order valence-corrected chi connectivity index (χ2v) is 6.26. The Kier molecular flexibility index (Phi) is 5.81. The van der Waals surface area contributed by atoms with Gasteiger partial charge < -0.3 is 0 Å². The SMILES string of the molecule is C=C/C(=C\c1c(C)ccc(-c2ccnc(C(C)=O)c2)c1C)CC(C)=O. The first-order chi connectivity index (χ1) is 11.8. The first kappa shape index (κ1) is 18.5. The van der Waals surface area contributed by atoms with Crippen LogP contribution in [0.15, 0.2) is 48.7 Å². The van der Waals surface area contributed by atoms with Gasteiger partial charge in [0, 0.05) is 19.5 Å². The third kappa shape index (κ3) is 4.38. The largest absolute Gasteiger partial charge is 0.300 e. The number of carbonyl (C=O) groups excluding carboxylic acids is 2. The smallest absolute Gasteiger partial charge is 0.178 e. The minimum atomic E-state index is -0.0536. The molecule has 1 heterocycles. The van der Waals surface area contributed by atoms with Crippen molar-refractivity contribution in [1.82, 2.24) is 4.98 Å². The van der Waals surface area contributed by atoms with E-state index < -0.39 is 0 Å². The highest BCUT2D eigenvalue weighted by molar-refractivity contribution is 5.93. The summed E-state index contributed by atoms with van der Waals surface area (Å²) in [4.78, 5) is 27.2. The zero-order chi connectivity index (χ0) is 18.6. The second-order valence-electron chi connectivity index (χ2n) is 6.26. The van der Waals surface area contributed by atoms with E-state index >= 15 is 0 Å². The molecular weight excluding hydrogens is 310 g/mol. The van der Waals surface area contributed by atoms with Gasteiger partial charge in [-0.25, -0.2) is 0 Å². The van der Waals surface area contributed by atoms with Crippen LogP contribution in [0.3, 0.4) is 0 Å². The Labute approximate surface area is 149 Å².